The molecule has 35 heavy (non-hydrogen) atoms. The number of hydrogen-bond acceptors (Lipinski definition) is 5. The highest BCUT2D eigenvalue weighted by Gasteiger charge is 2.47. The van der Waals surface area contributed by atoms with E-state index in [-0.39, 0.29) is 18.7 Å². The molecule has 0 spiro atoms. The van der Waals surface area contributed by atoms with Crippen molar-refractivity contribution in [1.82, 2.24) is 24.1 Å². The molecular weight excluding hydrogens is 457 g/mol. The summed E-state index contributed by atoms with van der Waals surface area (Å²) >= 11 is 0. The molecule has 7 nitrogen and oxygen atoms in total. The summed E-state index contributed by atoms with van der Waals surface area (Å²) in [5, 5.41) is 0. The van der Waals surface area contributed by atoms with E-state index in [9.17, 15) is 13.2 Å². The minimum atomic E-state index is -2.69. The highest BCUT2D eigenvalue weighted by molar-refractivity contribution is 5.76. The zero-order valence-electron chi connectivity index (χ0n) is 18.8. The van der Waals surface area contributed by atoms with Crippen LogP contribution in [0.4, 0.5) is 18.9 Å². The second-order valence-electron chi connectivity index (χ2n) is 8.87. The summed E-state index contributed by atoms with van der Waals surface area (Å²) in [5.74, 6) is -1.87. The predicted molar refractivity (Wildman–Crippen MR) is 124 cm³/mol. The molecule has 0 N–H and O–H groups in total. The lowest BCUT2D eigenvalue weighted by atomic mass is 9.87. The van der Waals surface area contributed by atoms with E-state index in [1.54, 1.807) is 35.4 Å². The number of hydrogen-bond donors (Lipinski definition) is 0. The minimum Gasteiger partial charge on any atom is -0.378 e. The second kappa shape index (κ2) is 8.53. The number of anilines is 1. The average Bonchev–Trinajstić information content (AvgIpc) is 3.51. The number of ether oxygens (including phenoxy) is 1. The van der Waals surface area contributed by atoms with Gasteiger partial charge in [0.15, 0.2) is 5.82 Å². The van der Waals surface area contributed by atoms with E-state index < -0.39 is 12.0 Å². The van der Waals surface area contributed by atoms with Gasteiger partial charge in [-0.15, -0.1) is 0 Å². The maximum Gasteiger partial charge on any atom is 0.252 e. The van der Waals surface area contributed by atoms with Crippen molar-refractivity contribution in [3.63, 3.8) is 0 Å². The van der Waals surface area contributed by atoms with Gasteiger partial charge in [-0.1, -0.05) is 0 Å². The van der Waals surface area contributed by atoms with Crippen molar-refractivity contribution >= 4 is 5.69 Å². The average molecular weight is 480 g/mol. The summed E-state index contributed by atoms with van der Waals surface area (Å²) in [6.45, 7) is 2.99. The van der Waals surface area contributed by atoms with Crippen LogP contribution in [0.15, 0.2) is 61.3 Å². The highest BCUT2D eigenvalue weighted by Crippen LogP contribution is 2.48. The Balaban J connectivity index is 1.41. The number of pyridine rings is 1. The van der Waals surface area contributed by atoms with Crippen molar-refractivity contribution < 1.29 is 17.9 Å². The van der Waals surface area contributed by atoms with Crippen LogP contribution in [0.25, 0.3) is 28.6 Å². The fourth-order valence-electron chi connectivity index (χ4n) is 4.70. The summed E-state index contributed by atoms with van der Waals surface area (Å²) < 4.78 is 50.0. The molecule has 4 heterocycles. The highest BCUT2D eigenvalue weighted by atomic mass is 19.3. The lowest BCUT2D eigenvalue weighted by molar-refractivity contribution is -0.103. The van der Waals surface area contributed by atoms with Crippen molar-refractivity contribution in [3.8, 4) is 28.6 Å². The number of nitrogens with zero attached hydrogens (tertiary/aromatic N) is 6. The molecule has 0 atom stereocenters. The molecular formula is C25H23F3N6O. The summed E-state index contributed by atoms with van der Waals surface area (Å²) in [7, 11) is 0. The van der Waals surface area contributed by atoms with Crippen LogP contribution in [0.2, 0.25) is 0 Å². The fraction of sp³-hybridized carbons (Fsp3) is 0.320. The molecule has 6 rings (SSSR count). The monoisotopic (exact) mass is 480 g/mol. The van der Waals surface area contributed by atoms with Gasteiger partial charge in [-0.2, -0.15) is 0 Å². The summed E-state index contributed by atoms with van der Waals surface area (Å²) in [4.78, 5) is 16.0. The summed E-state index contributed by atoms with van der Waals surface area (Å²) in [6, 6.07) is 9.48. The van der Waals surface area contributed by atoms with Crippen LogP contribution >= 0.6 is 0 Å². The number of aromatic nitrogens is 5. The zero-order chi connectivity index (χ0) is 24.0. The van der Waals surface area contributed by atoms with E-state index in [1.807, 2.05) is 22.9 Å². The Labute approximate surface area is 199 Å². The SMILES string of the molecule is Fc1ccc(-c2ncn(C3CC(F)(F)C3)c2-c2nccn2-c2ccc(N3CCOCC3)cn2)cc1. The van der Waals surface area contributed by atoms with Gasteiger partial charge in [-0.05, 0) is 36.4 Å². The van der Waals surface area contributed by atoms with Crippen LogP contribution in [0.1, 0.15) is 18.9 Å². The molecule has 3 aromatic heterocycles. The predicted octanol–water partition coefficient (Wildman–Crippen LogP) is 4.74. The summed E-state index contributed by atoms with van der Waals surface area (Å²) in [6.07, 6.45) is 6.30. The van der Waals surface area contributed by atoms with Gasteiger partial charge in [-0.25, -0.2) is 28.1 Å². The van der Waals surface area contributed by atoms with Crippen LogP contribution in [-0.2, 0) is 4.74 Å². The first-order chi connectivity index (χ1) is 17.0. The zero-order valence-corrected chi connectivity index (χ0v) is 18.8. The van der Waals surface area contributed by atoms with E-state index in [4.69, 9.17) is 4.74 Å². The van der Waals surface area contributed by atoms with E-state index in [0.29, 0.717) is 41.8 Å². The molecule has 1 aliphatic carbocycles. The van der Waals surface area contributed by atoms with E-state index in [0.717, 1.165) is 18.8 Å². The minimum absolute atomic E-state index is 0.258. The van der Waals surface area contributed by atoms with Crippen LogP contribution < -0.4 is 4.90 Å². The number of alkyl halides is 2. The normalized spacial score (nSPS) is 18.0. The van der Waals surface area contributed by atoms with Gasteiger partial charge in [0.05, 0.1) is 37.1 Å². The third-order valence-corrected chi connectivity index (χ3v) is 6.58. The molecule has 2 aliphatic rings. The molecule has 1 saturated carbocycles. The summed E-state index contributed by atoms with van der Waals surface area (Å²) in [5.41, 5.74) is 2.84. The quantitative estimate of drug-likeness (QED) is 0.413. The van der Waals surface area contributed by atoms with Crippen molar-refractivity contribution in [2.24, 2.45) is 0 Å². The number of halogens is 3. The first-order valence-electron chi connectivity index (χ1n) is 11.5. The number of rotatable bonds is 5. The maximum atomic E-state index is 13.7. The standard InChI is InChI=1S/C25H23F3N6O/c26-18-3-1-17(2-4-18)22-23(34(16-31-22)20-13-25(27,28)14-20)24-29-7-8-33(24)21-6-5-19(15-30-21)32-9-11-35-12-10-32/h1-8,15-16,20H,9-14H2. The first-order valence-corrected chi connectivity index (χ1v) is 11.5. The molecule has 0 bridgehead atoms. The van der Waals surface area contributed by atoms with Gasteiger partial charge >= 0.3 is 0 Å². The van der Waals surface area contributed by atoms with E-state index in [2.05, 4.69) is 19.9 Å². The Morgan fingerprint density at radius 1 is 0.943 bits per heavy atom. The van der Waals surface area contributed by atoms with Gasteiger partial charge in [0.1, 0.15) is 17.3 Å². The van der Waals surface area contributed by atoms with Gasteiger partial charge in [-0.3, -0.25) is 4.57 Å². The Morgan fingerprint density at radius 3 is 2.40 bits per heavy atom. The second-order valence-corrected chi connectivity index (χ2v) is 8.87. The first kappa shape index (κ1) is 21.8. The molecule has 1 aliphatic heterocycles. The van der Waals surface area contributed by atoms with E-state index >= 15 is 0 Å². The Hall–Kier alpha value is -3.66. The van der Waals surface area contributed by atoms with Gasteiger partial charge in [0.25, 0.3) is 5.92 Å². The molecule has 1 aromatic carbocycles. The van der Waals surface area contributed by atoms with Crippen molar-refractivity contribution in [2.75, 3.05) is 31.2 Å². The molecule has 0 amide bonds. The Bertz CT molecular complexity index is 1320. The number of benzene rings is 1. The fourth-order valence-corrected chi connectivity index (χ4v) is 4.70. The molecule has 4 aromatic rings. The molecule has 0 unspecified atom stereocenters. The lowest BCUT2D eigenvalue weighted by Gasteiger charge is -2.36. The van der Waals surface area contributed by atoms with Crippen molar-refractivity contribution in [3.05, 3.63) is 67.1 Å². The van der Waals surface area contributed by atoms with Crippen LogP contribution in [0, 0.1) is 5.82 Å². The van der Waals surface area contributed by atoms with Gasteiger partial charge in [0, 0.05) is 49.9 Å². The molecule has 0 radical (unpaired) electrons. The molecule has 2 fully saturated rings. The third kappa shape index (κ3) is 4.07. The molecule has 1 saturated heterocycles. The maximum absolute atomic E-state index is 13.7. The van der Waals surface area contributed by atoms with E-state index in [1.165, 1.54) is 12.1 Å². The van der Waals surface area contributed by atoms with Crippen LogP contribution in [0.5, 0.6) is 0 Å². The van der Waals surface area contributed by atoms with Crippen molar-refractivity contribution in [2.45, 2.75) is 24.8 Å². The van der Waals surface area contributed by atoms with Gasteiger partial charge < -0.3 is 14.2 Å². The number of imidazole rings is 2. The molecule has 180 valence electrons. The number of morpholine rings is 1. The lowest BCUT2D eigenvalue weighted by Crippen LogP contribution is -2.37. The largest absolute Gasteiger partial charge is 0.378 e. The topological polar surface area (TPSA) is 61.0 Å². The molecule has 10 heteroatoms. The van der Waals surface area contributed by atoms with Crippen LogP contribution in [-0.4, -0.2) is 56.3 Å². The Kier molecular flexibility index (Phi) is 5.32. The van der Waals surface area contributed by atoms with Gasteiger partial charge in [0.2, 0.25) is 0 Å². The Morgan fingerprint density at radius 2 is 1.71 bits per heavy atom. The van der Waals surface area contributed by atoms with Crippen molar-refractivity contribution in [1.29, 1.82) is 0 Å². The smallest absolute Gasteiger partial charge is 0.252 e. The van der Waals surface area contributed by atoms with Crippen LogP contribution in [0.3, 0.4) is 0 Å². The third-order valence-electron chi connectivity index (χ3n) is 6.58.